The van der Waals surface area contributed by atoms with E-state index in [4.69, 9.17) is 0 Å². The van der Waals surface area contributed by atoms with Crippen molar-refractivity contribution >= 4 is 15.7 Å². The lowest BCUT2D eigenvalue weighted by atomic mass is 9.98. The van der Waals surface area contributed by atoms with Gasteiger partial charge >= 0.3 is 0 Å². The lowest BCUT2D eigenvalue weighted by molar-refractivity contribution is 0.488. The summed E-state index contributed by atoms with van der Waals surface area (Å²) in [5.74, 6) is 0.701. The molecule has 1 aliphatic carbocycles. The molecule has 1 unspecified atom stereocenters. The van der Waals surface area contributed by atoms with Crippen LogP contribution < -0.4 is 9.62 Å². The maximum absolute atomic E-state index is 12.6. The van der Waals surface area contributed by atoms with Gasteiger partial charge in [0.25, 0.3) is 0 Å². The minimum absolute atomic E-state index is 0.272. The monoisotopic (exact) mass is 308 g/mol. The molecule has 5 heteroatoms. The molecule has 0 bridgehead atoms. The molecule has 1 N–H and O–H groups in total. The standard InChI is InChI=1S/C16H24N2O2S/c1-2-10-17-15-9-11-18(16-6-4-3-5-14(15)16)21(19,20)12-13-7-8-13/h3-6,13,15,17H,2,7-12H2,1H3. The third-order valence-electron chi connectivity index (χ3n) is 4.32. The van der Waals surface area contributed by atoms with Gasteiger partial charge in [-0.25, -0.2) is 8.42 Å². The van der Waals surface area contributed by atoms with Crippen LogP contribution in [-0.2, 0) is 10.0 Å². The molecule has 116 valence electrons. The molecule has 0 spiro atoms. The lowest BCUT2D eigenvalue weighted by Gasteiger charge is -2.35. The molecule has 1 atom stereocenters. The van der Waals surface area contributed by atoms with Gasteiger partial charge in [0.15, 0.2) is 0 Å². The molecule has 1 saturated carbocycles. The number of fused-ring (bicyclic) bond motifs is 1. The van der Waals surface area contributed by atoms with Crippen LogP contribution in [-0.4, -0.2) is 27.3 Å². The van der Waals surface area contributed by atoms with Crippen LogP contribution in [0.25, 0.3) is 0 Å². The maximum Gasteiger partial charge on any atom is 0.235 e. The number of sulfonamides is 1. The van der Waals surface area contributed by atoms with Crippen molar-refractivity contribution in [2.24, 2.45) is 5.92 Å². The van der Waals surface area contributed by atoms with Gasteiger partial charge in [-0.1, -0.05) is 25.1 Å². The van der Waals surface area contributed by atoms with Crippen molar-refractivity contribution in [1.29, 1.82) is 0 Å². The summed E-state index contributed by atoms with van der Waals surface area (Å²) >= 11 is 0. The summed E-state index contributed by atoms with van der Waals surface area (Å²) in [6.45, 7) is 3.70. The van der Waals surface area contributed by atoms with Crippen LogP contribution in [0.3, 0.4) is 0 Å². The molecule has 0 saturated heterocycles. The minimum Gasteiger partial charge on any atom is -0.310 e. The molecule has 4 nitrogen and oxygen atoms in total. The van der Waals surface area contributed by atoms with Crippen LogP contribution in [0, 0.1) is 5.92 Å². The third kappa shape index (κ3) is 3.24. The number of benzene rings is 1. The first kappa shape index (κ1) is 14.9. The summed E-state index contributed by atoms with van der Waals surface area (Å²) in [5, 5.41) is 3.53. The molecule has 1 aromatic rings. The van der Waals surface area contributed by atoms with Gasteiger partial charge in [-0.2, -0.15) is 0 Å². The van der Waals surface area contributed by atoms with Crippen molar-refractivity contribution in [1.82, 2.24) is 5.32 Å². The molecule has 1 heterocycles. The Bertz CT molecular complexity index is 596. The Morgan fingerprint density at radius 1 is 1.24 bits per heavy atom. The number of hydrogen-bond donors (Lipinski definition) is 1. The van der Waals surface area contributed by atoms with Crippen LogP contribution in [0.2, 0.25) is 0 Å². The van der Waals surface area contributed by atoms with Crippen molar-refractivity contribution in [3.63, 3.8) is 0 Å². The van der Waals surface area contributed by atoms with E-state index in [-0.39, 0.29) is 6.04 Å². The smallest absolute Gasteiger partial charge is 0.235 e. The van der Waals surface area contributed by atoms with Gasteiger partial charge in [0.1, 0.15) is 0 Å². The molecule has 21 heavy (non-hydrogen) atoms. The number of para-hydroxylation sites is 1. The highest BCUT2D eigenvalue weighted by molar-refractivity contribution is 7.92. The molecule has 0 aromatic heterocycles. The number of anilines is 1. The summed E-state index contributed by atoms with van der Waals surface area (Å²) in [7, 11) is -3.17. The van der Waals surface area contributed by atoms with Gasteiger partial charge in [0.2, 0.25) is 10.0 Å². The molecule has 3 rings (SSSR count). The minimum atomic E-state index is -3.17. The SMILES string of the molecule is CCCNC1CCN(S(=O)(=O)CC2CC2)c2ccccc21. The third-order valence-corrected chi connectivity index (χ3v) is 6.26. The topological polar surface area (TPSA) is 49.4 Å². The molecule has 2 aliphatic rings. The van der Waals surface area contributed by atoms with Gasteiger partial charge < -0.3 is 5.32 Å². The normalized spacial score (nSPS) is 22.1. The first-order valence-corrected chi connectivity index (χ1v) is 9.55. The van der Waals surface area contributed by atoms with Crippen LogP contribution in [0.15, 0.2) is 24.3 Å². The Morgan fingerprint density at radius 3 is 2.71 bits per heavy atom. The Morgan fingerprint density at radius 2 is 2.00 bits per heavy atom. The summed E-state index contributed by atoms with van der Waals surface area (Å²) in [5.41, 5.74) is 1.99. The van der Waals surface area contributed by atoms with Gasteiger partial charge in [-0.3, -0.25) is 4.31 Å². The lowest BCUT2D eigenvalue weighted by Crippen LogP contribution is -2.41. The maximum atomic E-state index is 12.6. The fraction of sp³-hybridized carbons (Fsp3) is 0.625. The van der Waals surface area contributed by atoms with E-state index in [2.05, 4.69) is 18.3 Å². The second-order valence-corrected chi connectivity index (χ2v) is 8.09. The van der Waals surface area contributed by atoms with E-state index in [9.17, 15) is 8.42 Å². The van der Waals surface area contributed by atoms with Crippen LogP contribution >= 0.6 is 0 Å². The molecule has 1 fully saturated rings. The van der Waals surface area contributed by atoms with Gasteiger partial charge in [-0.15, -0.1) is 0 Å². The van der Waals surface area contributed by atoms with Gasteiger partial charge in [-0.05, 0) is 49.8 Å². The zero-order valence-corrected chi connectivity index (χ0v) is 13.4. The van der Waals surface area contributed by atoms with E-state index in [1.54, 1.807) is 4.31 Å². The quantitative estimate of drug-likeness (QED) is 0.879. The van der Waals surface area contributed by atoms with Gasteiger partial charge in [0, 0.05) is 12.6 Å². The summed E-state index contributed by atoms with van der Waals surface area (Å²) < 4.78 is 26.9. The molecule has 0 radical (unpaired) electrons. The predicted molar refractivity (Wildman–Crippen MR) is 86.0 cm³/mol. The van der Waals surface area contributed by atoms with Crippen molar-refractivity contribution in [3.05, 3.63) is 29.8 Å². The van der Waals surface area contributed by atoms with E-state index in [1.807, 2.05) is 18.2 Å². The predicted octanol–water partition coefficient (Wildman–Crippen LogP) is 2.68. The largest absolute Gasteiger partial charge is 0.310 e. The summed E-state index contributed by atoms with van der Waals surface area (Å²) in [6, 6.07) is 8.20. The van der Waals surface area contributed by atoms with E-state index >= 15 is 0 Å². The Labute approximate surface area is 127 Å². The zero-order valence-electron chi connectivity index (χ0n) is 12.6. The summed E-state index contributed by atoms with van der Waals surface area (Å²) in [4.78, 5) is 0. The Kier molecular flexibility index (Phi) is 4.22. The van der Waals surface area contributed by atoms with Crippen molar-refractivity contribution in [2.45, 2.75) is 38.6 Å². The average Bonchev–Trinajstić information content (AvgIpc) is 3.27. The van der Waals surface area contributed by atoms with E-state index in [0.717, 1.165) is 43.5 Å². The first-order chi connectivity index (χ1) is 10.1. The van der Waals surface area contributed by atoms with E-state index in [1.165, 1.54) is 0 Å². The first-order valence-electron chi connectivity index (χ1n) is 7.94. The fourth-order valence-electron chi connectivity index (χ4n) is 3.02. The van der Waals surface area contributed by atoms with E-state index < -0.39 is 10.0 Å². The molecular formula is C16H24N2O2S. The number of nitrogens with one attached hydrogen (secondary N) is 1. The number of rotatable bonds is 6. The highest BCUT2D eigenvalue weighted by Crippen LogP contribution is 2.38. The highest BCUT2D eigenvalue weighted by atomic mass is 32.2. The number of nitrogens with zero attached hydrogens (tertiary/aromatic N) is 1. The Balaban J connectivity index is 1.86. The van der Waals surface area contributed by atoms with Gasteiger partial charge in [0.05, 0.1) is 11.4 Å². The average molecular weight is 308 g/mol. The second kappa shape index (κ2) is 5.97. The van der Waals surface area contributed by atoms with Crippen molar-refractivity contribution in [2.75, 3.05) is 23.1 Å². The Hall–Kier alpha value is -1.07. The molecule has 1 aliphatic heterocycles. The zero-order chi connectivity index (χ0) is 14.9. The molecule has 0 amide bonds. The highest BCUT2D eigenvalue weighted by Gasteiger charge is 2.35. The van der Waals surface area contributed by atoms with E-state index in [0.29, 0.717) is 18.2 Å². The van der Waals surface area contributed by atoms with Crippen molar-refractivity contribution < 1.29 is 8.42 Å². The van der Waals surface area contributed by atoms with Crippen LogP contribution in [0.4, 0.5) is 5.69 Å². The second-order valence-electron chi connectivity index (χ2n) is 6.15. The summed E-state index contributed by atoms with van der Waals surface area (Å²) in [6.07, 6.45) is 4.06. The molecule has 1 aromatic carbocycles. The fourth-order valence-corrected chi connectivity index (χ4v) is 4.98. The number of hydrogen-bond acceptors (Lipinski definition) is 3. The van der Waals surface area contributed by atoms with Crippen LogP contribution in [0.1, 0.15) is 44.2 Å². The van der Waals surface area contributed by atoms with Crippen molar-refractivity contribution in [3.8, 4) is 0 Å². The van der Waals surface area contributed by atoms with Crippen LogP contribution in [0.5, 0.6) is 0 Å². The molecular weight excluding hydrogens is 284 g/mol.